The number of nitrogens with zero attached hydrogens (tertiary/aromatic N) is 6. The van der Waals surface area contributed by atoms with E-state index in [1.54, 1.807) is 0 Å². The van der Waals surface area contributed by atoms with E-state index in [4.69, 9.17) is 0 Å². The van der Waals surface area contributed by atoms with Gasteiger partial charge in [-0.1, -0.05) is 222 Å². The smallest absolute Gasteiger partial charge is 0.257 e. The first-order chi connectivity index (χ1) is 48.4. The largest absolute Gasteiger partial charge is 0.311 e. The Bertz CT molecular complexity index is 5080. The van der Waals surface area contributed by atoms with E-state index in [1.165, 1.54) is 145 Å². The molecule has 0 aliphatic carbocycles. The van der Waals surface area contributed by atoms with E-state index in [1.807, 2.05) is 0 Å². The van der Waals surface area contributed by atoms with Crippen LogP contribution in [0.4, 0.5) is 102 Å². The average Bonchev–Trinajstić information content (AvgIpc) is 0.660. The minimum absolute atomic E-state index is 0.00644. The van der Waals surface area contributed by atoms with E-state index in [-0.39, 0.29) is 45.9 Å². The molecule has 0 N–H and O–H groups in total. The monoisotopic (exact) mass is 1330 g/mol. The predicted molar refractivity (Wildman–Crippen MR) is 441 cm³/mol. The lowest BCUT2D eigenvalue weighted by molar-refractivity contribution is 0.590. The molecule has 8 heteroatoms. The van der Waals surface area contributed by atoms with E-state index in [9.17, 15) is 0 Å². The van der Waals surface area contributed by atoms with Gasteiger partial charge in [-0.05, 0) is 232 Å². The van der Waals surface area contributed by atoms with Crippen molar-refractivity contribution in [3.8, 4) is 0 Å². The fourth-order valence-electron chi connectivity index (χ4n) is 17.8. The Balaban J connectivity index is 1.02. The summed E-state index contributed by atoms with van der Waals surface area (Å²) >= 11 is 0. The van der Waals surface area contributed by atoms with Crippen molar-refractivity contribution in [1.82, 2.24) is 0 Å². The van der Waals surface area contributed by atoms with Crippen LogP contribution in [0, 0.1) is 0 Å². The molecular weight excluding hydrogens is 1230 g/mol. The van der Waals surface area contributed by atoms with Crippen LogP contribution in [0.15, 0.2) is 231 Å². The number of benzene rings is 12. The third-order valence-corrected chi connectivity index (χ3v) is 23.2. The molecule has 0 aromatic heterocycles. The first kappa shape index (κ1) is 64.0. The van der Waals surface area contributed by atoms with Crippen molar-refractivity contribution in [3.63, 3.8) is 0 Å². The Kier molecular flexibility index (Phi) is 13.6. The molecular formula is C94H92B2N6. The topological polar surface area (TPSA) is 19.4 Å². The van der Waals surface area contributed by atoms with Crippen LogP contribution in [0.2, 0.25) is 0 Å². The van der Waals surface area contributed by atoms with Crippen molar-refractivity contribution in [2.24, 2.45) is 0 Å². The first-order valence-corrected chi connectivity index (χ1v) is 37.1. The summed E-state index contributed by atoms with van der Waals surface area (Å²) < 4.78 is 0. The van der Waals surface area contributed by atoms with Gasteiger partial charge in [-0.2, -0.15) is 0 Å². The van der Waals surface area contributed by atoms with Crippen molar-refractivity contribution in [2.45, 2.75) is 157 Å². The molecule has 0 radical (unpaired) electrons. The van der Waals surface area contributed by atoms with Gasteiger partial charge in [0.05, 0.1) is 11.4 Å². The van der Waals surface area contributed by atoms with Gasteiger partial charge in [0.15, 0.2) is 0 Å². The first-order valence-electron chi connectivity index (χ1n) is 37.1. The predicted octanol–water partition coefficient (Wildman–Crippen LogP) is 22.4. The highest BCUT2D eigenvalue weighted by atomic mass is 15.2. The fraction of sp³-hybridized carbons (Fsp3) is 0.255. The molecule has 0 amide bonds. The standard InChI is InChI=1S/C94H92B2N6/c1-89(2,3)57-31-43-63(44-32-57)97-71-23-19-27-75-81(71)95-83-73(97)25-21-29-77(83)101(67-51-39-61(40-52-67)93(13,14)15)87-69-56-80-86-88(70(69)55-79(85(87)95)99(75)65-47-35-59(36-48-65)91(7,8)9)102(68-53-41-62(42-54-68)94(16,17)18)78-30-22-26-74-84(78)96(86)82-72(98(74)64-45-33-58(34-46-64)90(4,5)6)24-20-28-76(82)100(80)66-49-37-60(38-50-66)92(10,11)12/h19-56H,1-18H3. The van der Waals surface area contributed by atoms with E-state index >= 15 is 0 Å². The van der Waals surface area contributed by atoms with Crippen LogP contribution in [-0.4, -0.2) is 13.4 Å². The lowest BCUT2D eigenvalue weighted by atomic mass is 9.31. The number of rotatable bonds is 6. The van der Waals surface area contributed by atoms with Gasteiger partial charge in [-0.15, -0.1) is 0 Å². The Labute approximate surface area is 606 Å². The summed E-state index contributed by atoms with van der Waals surface area (Å²) in [5.41, 5.74) is 36.6. The van der Waals surface area contributed by atoms with Gasteiger partial charge in [-0.3, -0.25) is 0 Å². The summed E-state index contributed by atoms with van der Waals surface area (Å²) in [6.45, 7) is 41.6. The Hall–Kier alpha value is -10.2. The second-order valence-electron chi connectivity index (χ2n) is 35.9. The molecule has 0 atom stereocenters. The summed E-state index contributed by atoms with van der Waals surface area (Å²) in [5, 5.41) is 2.40. The van der Waals surface area contributed by atoms with Crippen molar-refractivity contribution < 1.29 is 0 Å². The van der Waals surface area contributed by atoms with Crippen LogP contribution in [-0.2, 0) is 32.5 Å². The van der Waals surface area contributed by atoms with E-state index in [0.717, 1.165) is 34.1 Å². The third-order valence-electron chi connectivity index (χ3n) is 23.2. The molecule has 504 valence electrons. The normalized spacial score (nSPS) is 14.8. The van der Waals surface area contributed by atoms with Gasteiger partial charge in [0.2, 0.25) is 0 Å². The minimum atomic E-state index is -0.139. The molecule has 0 saturated heterocycles. The van der Waals surface area contributed by atoms with Crippen molar-refractivity contribution in [2.75, 3.05) is 29.4 Å². The SMILES string of the molecule is CC(C)(C)c1ccc(N2c3cccc4c3B3c5c2cccc5N(c2ccc(C(C)(C)C)cc2)c2c3c(cc3c5c6c(cc23)N(c2ccc(C(C)(C)C)cc2)c2cccc3c2B6c2c(cccc2N5c2ccc(C(C)(C)C)cc2)N3c2ccc(C(C)(C)C)cc2)N4c2ccc(C(C)(C)C)cc2)cc1. The van der Waals surface area contributed by atoms with Gasteiger partial charge in [0.25, 0.3) is 13.4 Å². The zero-order valence-corrected chi connectivity index (χ0v) is 62.8. The molecule has 0 saturated carbocycles. The van der Waals surface area contributed by atoms with Gasteiger partial charge < -0.3 is 29.4 Å². The highest BCUT2D eigenvalue weighted by Crippen LogP contribution is 2.58. The van der Waals surface area contributed by atoms with Crippen molar-refractivity contribution >= 4 is 159 Å². The number of fused-ring (bicyclic) bond motifs is 3. The Morgan fingerprint density at radius 1 is 0.186 bits per heavy atom. The molecule has 0 spiro atoms. The van der Waals surface area contributed by atoms with Crippen LogP contribution >= 0.6 is 0 Å². The summed E-state index contributed by atoms with van der Waals surface area (Å²) in [5.74, 6) is 0. The van der Waals surface area contributed by atoms with Gasteiger partial charge in [0, 0.05) is 102 Å². The number of hydrogen-bond donors (Lipinski definition) is 0. The fourth-order valence-corrected chi connectivity index (χ4v) is 17.8. The van der Waals surface area contributed by atoms with Crippen LogP contribution < -0.4 is 62.2 Å². The van der Waals surface area contributed by atoms with Gasteiger partial charge >= 0.3 is 0 Å². The van der Waals surface area contributed by atoms with E-state index < -0.39 is 0 Å². The van der Waals surface area contributed by atoms with Gasteiger partial charge in [-0.25, -0.2) is 0 Å². The second-order valence-corrected chi connectivity index (χ2v) is 35.9. The Morgan fingerprint density at radius 2 is 0.353 bits per heavy atom. The third kappa shape index (κ3) is 9.45. The molecule has 12 aromatic rings. The summed E-state index contributed by atoms with van der Waals surface area (Å²) in [7, 11) is 0. The molecule has 6 heterocycles. The maximum atomic E-state index is 2.70. The van der Waals surface area contributed by atoms with Crippen LogP contribution in [0.3, 0.4) is 0 Å². The quantitative estimate of drug-likeness (QED) is 0.153. The lowest BCUT2D eigenvalue weighted by Gasteiger charge is -2.51. The molecule has 0 fully saturated rings. The zero-order chi connectivity index (χ0) is 71.0. The van der Waals surface area contributed by atoms with Crippen molar-refractivity contribution in [1.29, 1.82) is 0 Å². The molecule has 6 aliphatic heterocycles. The average molecular weight is 1330 g/mol. The molecule has 0 unspecified atom stereocenters. The van der Waals surface area contributed by atoms with Crippen molar-refractivity contribution in [3.05, 3.63) is 264 Å². The second kappa shape index (κ2) is 21.7. The molecule has 12 aromatic carbocycles. The van der Waals surface area contributed by atoms with Gasteiger partial charge in [0.1, 0.15) is 0 Å². The number of hydrogen-bond acceptors (Lipinski definition) is 6. The molecule has 6 nitrogen and oxygen atoms in total. The highest BCUT2D eigenvalue weighted by Gasteiger charge is 2.54. The maximum Gasteiger partial charge on any atom is 0.257 e. The lowest BCUT2D eigenvalue weighted by Crippen LogP contribution is -2.65. The van der Waals surface area contributed by atoms with Crippen LogP contribution in [0.1, 0.15) is 158 Å². The Morgan fingerprint density at radius 3 is 0.539 bits per heavy atom. The molecule has 18 rings (SSSR count). The van der Waals surface area contributed by atoms with Crippen LogP contribution in [0.25, 0.3) is 10.8 Å². The zero-order valence-electron chi connectivity index (χ0n) is 62.8. The van der Waals surface area contributed by atoms with E-state index in [0.29, 0.717) is 0 Å². The van der Waals surface area contributed by atoms with E-state index in [2.05, 4.69) is 385 Å². The minimum Gasteiger partial charge on any atom is -0.311 e. The molecule has 102 heavy (non-hydrogen) atoms. The molecule has 6 aliphatic rings. The summed E-state index contributed by atoms with van der Waals surface area (Å²) in [6.07, 6.45) is 0. The summed E-state index contributed by atoms with van der Waals surface area (Å²) in [6, 6.07) is 91.0. The maximum absolute atomic E-state index is 2.70. The number of anilines is 18. The molecule has 0 bridgehead atoms. The summed E-state index contributed by atoms with van der Waals surface area (Å²) in [4.78, 5) is 15.9. The highest BCUT2D eigenvalue weighted by molar-refractivity contribution is 7.04. The van der Waals surface area contributed by atoms with Crippen LogP contribution in [0.5, 0.6) is 0 Å².